The molecule has 3 heterocycles. The predicted molar refractivity (Wildman–Crippen MR) is 79.5 cm³/mol. The van der Waals surface area contributed by atoms with Crippen molar-refractivity contribution in [2.75, 3.05) is 5.75 Å². The molecule has 1 aliphatic heterocycles. The van der Waals surface area contributed by atoms with E-state index in [1.807, 2.05) is 12.3 Å². The quantitative estimate of drug-likeness (QED) is 0.825. The van der Waals surface area contributed by atoms with E-state index in [0.29, 0.717) is 11.3 Å². The molecule has 1 saturated carbocycles. The van der Waals surface area contributed by atoms with Gasteiger partial charge in [0.05, 0.1) is 5.25 Å². The summed E-state index contributed by atoms with van der Waals surface area (Å²) in [7, 11) is 0. The number of fused-ring (bicyclic) bond motifs is 1. The first-order valence-electron chi connectivity index (χ1n) is 7.38. The Labute approximate surface area is 117 Å². The van der Waals surface area contributed by atoms with Crippen LogP contribution in [0.5, 0.6) is 0 Å². The second-order valence-corrected chi connectivity index (χ2v) is 6.94. The molecule has 4 heteroatoms. The minimum Gasteiger partial charge on any atom is -0.309 e. The number of thioether (sulfide) groups is 1. The molecule has 1 unspecified atom stereocenters. The average Bonchev–Trinajstić information content (AvgIpc) is 3.17. The van der Waals surface area contributed by atoms with E-state index in [4.69, 9.17) is 4.98 Å². The molecular formula is C15H19N3S. The highest BCUT2D eigenvalue weighted by atomic mass is 32.2. The first kappa shape index (κ1) is 11.8. The summed E-state index contributed by atoms with van der Waals surface area (Å²) in [6.07, 6.45) is 9.82. The third-order valence-electron chi connectivity index (χ3n) is 4.38. The van der Waals surface area contributed by atoms with Crippen LogP contribution in [0.25, 0.3) is 11.2 Å². The summed E-state index contributed by atoms with van der Waals surface area (Å²) in [5.41, 5.74) is 2.19. The molecule has 0 N–H and O–H groups in total. The Bertz CT molecular complexity index is 580. The van der Waals surface area contributed by atoms with Gasteiger partial charge in [0, 0.05) is 12.2 Å². The number of nitrogens with zero attached hydrogens (tertiary/aromatic N) is 3. The highest BCUT2D eigenvalue weighted by Gasteiger charge is 2.29. The van der Waals surface area contributed by atoms with Crippen LogP contribution in [0.3, 0.4) is 0 Å². The summed E-state index contributed by atoms with van der Waals surface area (Å²) in [5, 5.41) is 0.592. The second-order valence-electron chi connectivity index (χ2n) is 5.63. The highest BCUT2D eigenvalue weighted by Crippen LogP contribution is 2.43. The van der Waals surface area contributed by atoms with E-state index in [0.717, 1.165) is 11.2 Å². The molecule has 2 aromatic rings. The van der Waals surface area contributed by atoms with Crippen LogP contribution in [0.15, 0.2) is 18.3 Å². The summed E-state index contributed by atoms with van der Waals surface area (Å²) in [4.78, 5) is 9.53. The lowest BCUT2D eigenvalue weighted by molar-refractivity contribution is 0.503. The summed E-state index contributed by atoms with van der Waals surface area (Å²) >= 11 is 2.07. The maximum Gasteiger partial charge on any atom is 0.160 e. The molecular weight excluding hydrogens is 254 g/mol. The number of pyridine rings is 1. The summed E-state index contributed by atoms with van der Waals surface area (Å²) in [5.74, 6) is 2.58. The zero-order valence-electron chi connectivity index (χ0n) is 11.1. The lowest BCUT2D eigenvalue weighted by atomic mass is 10.2. The molecule has 1 atom stereocenters. The van der Waals surface area contributed by atoms with Gasteiger partial charge in [-0.2, -0.15) is 11.8 Å². The van der Waals surface area contributed by atoms with Gasteiger partial charge in [-0.15, -0.1) is 0 Å². The van der Waals surface area contributed by atoms with Crippen LogP contribution in [-0.4, -0.2) is 20.3 Å². The molecule has 2 aromatic heterocycles. The van der Waals surface area contributed by atoms with E-state index in [9.17, 15) is 0 Å². The molecule has 3 nitrogen and oxygen atoms in total. The standard InChI is InChI=1S/C15H19N3S/c1-2-6-11(5-1)18-14-12(7-3-9-16-14)17-15(18)13-8-4-10-19-13/h3,7,9,11,13H,1-2,4-6,8,10H2. The van der Waals surface area contributed by atoms with Crippen molar-refractivity contribution >= 4 is 22.9 Å². The minimum atomic E-state index is 0.592. The maximum atomic E-state index is 4.92. The van der Waals surface area contributed by atoms with Crippen molar-refractivity contribution in [2.24, 2.45) is 0 Å². The van der Waals surface area contributed by atoms with Crippen LogP contribution in [0.4, 0.5) is 0 Å². The monoisotopic (exact) mass is 273 g/mol. The Hall–Kier alpha value is -1.03. The van der Waals surface area contributed by atoms with Crippen molar-refractivity contribution in [3.63, 3.8) is 0 Å². The normalized spacial score (nSPS) is 24.5. The van der Waals surface area contributed by atoms with Gasteiger partial charge in [-0.25, -0.2) is 9.97 Å². The molecule has 1 saturated heterocycles. The maximum absolute atomic E-state index is 4.92. The zero-order chi connectivity index (χ0) is 12.7. The molecule has 0 radical (unpaired) electrons. The summed E-state index contributed by atoms with van der Waals surface area (Å²) in [6.45, 7) is 0. The van der Waals surface area contributed by atoms with Gasteiger partial charge in [0.15, 0.2) is 5.65 Å². The molecule has 0 aromatic carbocycles. The molecule has 100 valence electrons. The Balaban J connectivity index is 1.87. The topological polar surface area (TPSA) is 30.7 Å². The van der Waals surface area contributed by atoms with Crippen LogP contribution in [0, 0.1) is 0 Å². The van der Waals surface area contributed by atoms with E-state index in [1.165, 1.54) is 50.1 Å². The van der Waals surface area contributed by atoms with Gasteiger partial charge >= 0.3 is 0 Å². The second kappa shape index (κ2) is 4.82. The highest BCUT2D eigenvalue weighted by molar-refractivity contribution is 7.99. The average molecular weight is 273 g/mol. The van der Waals surface area contributed by atoms with Crippen molar-refractivity contribution in [2.45, 2.75) is 49.8 Å². The van der Waals surface area contributed by atoms with E-state index < -0.39 is 0 Å². The number of hydrogen-bond acceptors (Lipinski definition) is 3. The smallest absolute Gasteiger partial charge is 0.160 e. The molecule has 0 spiro atoms. The van der Waals surface area contributed by atoms with Gasteiger partial charge in [0.1, 0.15) is 11.3 Å². The van der Waals surface area contributed by atoms with Gasteiger partial charge in [0.2, 0.25) is 0 Å². The Morgan fingerprint density at radius 2 is 2.05 bits per heavy atom. The van der Waals surface area contributed by atoms with Gasteiger partial charge < -0.3 is 4.57 Å². The fourth-order valence-corrected chi connectivity index (χ4v) is 4.74. The summed E-state index contributed by atoms with van der Waals surface area (Å²) < 4.78 is 2.48. The van der Waals surface area contributed by atoms with Gasteiger partial charge in [-0.05, 0) is 43.6 Å². The van der Waals surface area contributed by atoms with Crippen molar-refractivity contribution in [3.8, 4) is 0 Å². The van der Waals surface area contributed by atoms with E-state index in [1.54, 1.807) is 0 Å². The van der Waals surface area contributed by atoms with Gasteiger partial charge in [-0.1, -0.05) is 12.8 Å². The van der Waals surface area contributed by atoms with Crippen LogP contribution in [0.1, 0.15) is 55.6 Å². The summed E-state index contributed by atoms with van der Waals surface area (Å²) in [6, 6.07) is 4.74. The molecule has 19 heavy (non-hydrogen) atoms. The fraction of sp³-hybridized carbons (Fsp3) is 0.600. The van der Waals surface area contributed by atoms with Crippen molar-refractivity contribution < 1.29 is 0 Å². The van der Waals surface area contributed by atoms with Crippen molar-refractivity contribution in [1.82, 2.24) is 14.5 Å². The van der Waals surface area contributed by atoms with E-state index >= 15 is 0 Å². The number of hydrogen-bond donors (Lipinski definition) is 0. The van der Waals surface area contributed by atoms with Gasteiger partial charge in [0.25, 0.3) is 0 Å². The SMILES string of the molecule is c1cnc2c(c1)nc(C1CCCS1)n2C1CCCC1. The first-order valence-corrected chi connectivity index (χ1v) is 8.43. The van der Waals surface area contributed by atoms with Gasteiger partial charge in [-0.3, -0.25) is 0 Å². The third kappa shape index (κ3) is 1.97. The molecule has 2 aliphatic rings. The lowest BCUT2D eigenvalue weighted by Crippen LogP contribution is -2.11. The van der Waals surface area contributed by atoms with Crippen LogP contribution >= 0.6 is 11.8 Å². The number of imidazole rings is 1. The zero-order valence-corrected chi connectivity index (χ0v) is 11.9. The molecule has 1 aliphatic carbocycles. The largest absolute Gasteiger partial charge is 0.309 e. The molecule has 0 bridgehead atoms. The molecule has 4 rings (SSSR count). The van der Waals surface area contributed by atoms with Crippen molar-refractivity contribution in [3.05, 3.63) is 24.2 Å². The molecule has 0 amide bonds. The Kier molecular flexibility index (Phi) is 2.98. The van der Waals surface area contributed by atoms with E-state index in [2.05, 4.69) is 27.4 Å². The van der Waals surface area contributed by atoms with Crippen LogP contribution in [-0.2, 0) is 0 Å². The third-order valence-corrected chi connectivity index (χ3v) is 5.76. The lowest BCUT2D eigenvalue weighted by Gasteiger charge is -2.18. The number of rotatable bonds is 2. The molecule has 2 fully saturated rings. The van der Waals surface area contributed by atoms with Crippen LogP contribution < -0.4 is 0 Å². The van der Waals surface area contributed by atoms with Crippen LogP contribution in [0.2, 0.25) is 0 Å². The van der Waals surface area contributed by atoms with Crippen molar-refractivity contribution in [1.29, 1.82) is 0 Å². The minimum absolute atomic E-state index is 0.592. The fourth-order valence-electron chi connectivity index (χ4n) is 3.48. The first-order chi connectivity index (χ1) is 9.43. The Morgan fingerprint density at radius 3 is 2.84 bits per heavy atom. The van der Waals surface area contributed by atoms with E-state index in [-0.39, 0.29) is 0 Å². The number of aromatic nitrogens is 3. The predicted octanol–water partition coefficient (Wildman–Crippen LogP) is 4.11. The Morgan fingerprint density at radius 1 is 1.16 bits per heavy atom.